The monoisotopic (exact) mass is 262 g/mol. The Morgan fingerprint density at radius 2 is 2.05 bits per heavy atom. The van der Waals surface area contributed by atoms with E-state index >= 15 is 0 Å². The molecule has 2 heterocycles. The number of nitrogens with one attached hydrogen (secondary N) is 1. The Morgan fingerprint density at radius 1 is 1.26 bits per heavy atom. The van der Waals surface area contributed by atoms with Crippen LogP contribution < -0.4 is 10.1 Å². The standard InChI is InChI=1S/C15H22N2O2/c1-11-2-5-15(19-13-6-8-18-9-7-13)14(17-11)10-16-12-3-4-12/h2,5,12-13,16H,3-4,6-10H2,1H3. The second kappa shape index (κ2) is 5.88. The molecule has 2 fully saturated rings. The van der Waals surface area contributed by atoms with Gasteiger partial charge in [0.15, 0.2) is 0 Å². The summed E-state index contributed by atoms with van der Waals surface area (Å²) in [5.74, 6) is 0.936. The molecule has 3 rings (SSSR count). The van der Waals surface area contributed by atoms with Crippen LogP contribution in [-0.2, 0) is 11.3 Å². The molecule has 2 aliphatic rings. The van der Waals surface area contributed by atoms with Gasteiger partial charge in [-0.2, -0.15) is 0 Å². The van der Waals surface area contributed by atoms with Gasteiger partial charge < -0.3 is 14.8 Å². The molecule has 1 saturated heterocycles. The lowest BCUT2D eigenvalue weighted by atomic mass is 10.1. The fourth-order valence-corrected chi connectivity index (χ4v) is 2.33. The smallest absolute Gasteiger partial charge is 0.142 e. The van der Waals surface area contributed by atoms with Crippen molar-refractivity contribution in [1.82, 2.24) is 10.3 Å². The summed E-state index contributed by atoms with van der Waals surface area (Å²) in [6.45, 7) is 4.45. The number of hydrogen-bond donors (Lipinski definition) is 1. The van der Waals surface area contributed by atoms with Gasteiger partial charge in [0.05, 0.1) is 18.9 Å². The van der Waals surface area contributed by atoms with E-state index in [4.69, 9.17) is 9.47 Å². The molecular weight excluding hydrogens is 240 g/mol. The topological polar surface area (TPSA) is 43.4 Å². The quantitative estimate of drug-likeness (QED) is 0.883. The molecule has 19 heavy (non-hydrogen) atoms. The summed E-state index contributed by atoms with van der Waals surface area (Å²) >= 11 is 0. The fourth-order valence-electron chi connectivity index (χ4n) is 2.33. The molecule has 1 aliphatic heterocycles. The molecule has 0 radical (unpaired) electrons. The Morgan fingerprint density at radius 3 is 2.79 bits per heavy atom. The zero-order valence-corrected chi connectivity index (χ0v) is 11.5. The van der Waals surface area contributed by atoms with E-state index in [9.17, 15) is 0 Å². The van der Waals surface area contributed by atoms with E-state index in [2.05, 4.69) is 16.4 Å². The highest BCUT2D eigenvalue weighted by Gasteiger charge is 2.22. The number of hydrogen-bond acceptors (Lipinski definition) is 4. The SMILES string of the molecule is Cc1ccc(OC2CCOCC2)c(CNC2CC2)n1. The first-order valence-corrected chi connectivity index (χ1v) is 7.25. The summed E-state index contributed by atoms with van der Waals surface area (Å²) in [5, 5.41) is 3.51. The first-order valence-electron chi connectivity index (χ1n) is 7.25. The van der Waals surface area contributed by atoms with Crippen molar-refractivity contribution in [3.63, 3.8) is 0 Å². The molecule has 1 aromatic rings. The highest BCUT2D eigenvalue weighted by molar-refractivity contribution is 5.29. The van der Waals surface area contributed by atoms with Gasteiger partial charge in [0.25, 0.3) is 0 Å². The second-order valence-corrected chi connectivity index (χ2v) is 5.48. The van der Waals surface area contributed by atoms with E-state index in [1.165, 1.54) is 12.8 Å². The molecule has 1 N–H and O–H groups in total. The average molecular weight is 262 g/mol. The Balaban J connectivity index is 1.66. The second-order valence-electron chi connectivity index (χ2n) is 5.48. The molecule has 4 heteroatoms. The highest BCUT2D eigenvalue weighted by Crippen LogP contribution is 2.24. The van der Waals surface area contributed by atoms with Gasteiger partial charge in [0.2, 0.25) is 0 Å². The molecule has 0 unspecified atom stereocenters. The van der Waals surface area contributed by atoms with Crippen molar-refractivity contribution in [2.24, 2.45) is 0 Å². The maximum absolute atomic E-state index is 6.11. The van der Waals surface area contributed by atoms with E-state index in [-0.39, 0.29) is 6.10 Å². The summed E-state index contributed by atoms with van der Waals surface area (Å²) in [6, 6.07) is 4.77. The Kier molecular flexibility index (Phi) is 3.99. The number of ether oxygens (including phenoxy) is 2. The third kappa shape index (κ3) is 3.67. The highest BCUT2D eigenvalue weighted by atomic mass is 16.5. The first-order chi connectivity index (χ1) is 9.31. The van der Waals surface area contributed by atoms with Crippen LogP contribution in [0.15, 0.2) is 12.1 Å². The fraction of sp³-hybridized carbons (Fsp3) is 0.667. The molecule has 104 valence electrons. The molecule has 1 aromatic heterocycles. The summed E-state index contributed by atoms with van der Waals surface area (Å²) < 4.78 is 11.5. The molecule has 0 atom stereocenters. The van der Waals surface area contributed by atoms with Crippen molar-refractivity contribution < 1.29 is 9.47 Å². The molecule has 0 spiro atoms. The van der Waals surface area contributed by atoms with Gasteiger partial charge in [-0.1, -0.05) is 0 Å². The third-order valence-corrected chi connectivity index (χ3v) is 3.67. The average Bonchev–Trinajstić information content (AvgIpc) is 3.24. The van der Waals surface area contributed by atoms with E-state index < -0.39 is 0 Å². The number of pyridine rings is 1. The van der Waals surface area contributed by atoms with Gasteiger partial charge in [0, 0.05) is 31.1 Å². The maximum Gasteiger partial charge on any atom is 0.142 e. The van der Waals surface area contributed by atoms with Crippen LogP contribution in [0.1, 0.15) is 37.1 Å². The Hall–Kier alpha value is -1.13. The van der Waals surface area contributed by atoms with Crippen molar-refractivity contribution in [3.8, 4) is 5.75 Å². The van der Waals surface area contributed by atoms with Crippen molar-refractivity contribution in [3.05, 3.63) is 23.5 Å². The van der Waals surface area contributed by atoms with E-state index in [0.717, 1.165) is 49.7 Å². The largest absolute Gasteiger partial charge is 0.488 e. The van der Waals surface area contributed by atoms with Crippen LogP contribution in [0, 0.1) is 6.92 Å². The lowest BCUT2D eigenvalue weighted by Gasteiger charge is -2.24. The lowest BCUT2D eigenvalue weighted by molar-refractivity contribution is 0.0249. The predicted molar refractivity (Wildman–Crippen MR) is 73.3 cm³/mol. The van der Waals surface area contributed by atoms with Crippen LogP contribution in [0.4, 0.5) is 0 Å². The number of rotatable bonds is 5. The summed E-state index contributed by atoms with van der Waals surface area (Å²) in [5.41, 5.74) is 2.09. The van der Waals surface area contributed by atoms with Gasteiger partial charge >= 0.3 is 0 Å². The first kappa shape index (κ1) is 12.9. The minimum absolute atomic E-state index is 0.276. The summed E-state index contributed by atoms with van der Waals surface area (Å²) in [4.78, 5) is 4.62. The van der Waals surface area contributed by atoms with Gasteiger partial charge in [0.1, 0.15) is 11.9 Å². The van der Waals surface area contributed by atoms with Crippen molar-refractivity contribution in [2.75, 3.05) is 13.2 Å². The molecular formula is C15H22N2O2. The molecule has 0 aromatic carbocycles. The van der Waals surface area contributed by atoms with Gasteiger partial charge in [-0.25, -0.2) is 0 Å². The minimum atomic E-state index is 0.276. The molecule has 1 saturated carbocycles. The van der Waals surface area contributed by atoms with Crippen LogP contribution in [0.2, 0.25) is 0 Å². The number of aromatic nitrogens is 1. The summed E-state index contributed by atoms with van der Waals surface area (Å²) in [7, 11) is 0. The Bertz CT molecular complexity index is 426. The van der Waals surface area contributed by atoms with E-state index in [0.29, 0.717) is 6.04 Å². The van der Waals surface area contributed by atoms with Crippen molar-refractivity contribution in [2.45, 2.75) is 51.3 Å². The van der Waals surface area contributed by atoms with Crippen LogP contribution in [0.5, 0.6) is 5.75 Å². The Labute approximate surface area is 114 Å². The number of nitrogens with zero attached hydrogens (tertiary/aromatic N) is 1. The van der Waals surface area contributed by atoms with E-state index in [1.807, 2.05) is 13.0 Å². The van der Waals surface area contributed by atoms with Crippen LogP contribution in [0.25, 0.3) is 0 Å². The van der Waals surface area contributed by atoms with E-state index in [1.54, 1.807) is 0 Å². The summed E-state index contributed by atoms with van der Waals surface area (Å²) in [6.07, 6.45) is 4.81. The predicted octanol–water partition coefficient (Wildman–Crippen LogP) is 2.20. The molecule has 0 bridgehead atoms. The normalized spacial score (nSPS) is 20.5. The van der Waals surface area contributed by atoms with Crippen LogP contribution >= 0.6 is 0 Å². The number of aryl methyl sites for hydroxylation is 1. The van der Waals surface area contributed by atoms with Crippen LogP contribution in [-0.4, -0.2) is 30.3 Å². The van der Waals surface area contributed by atoms with Gasteiger partial charge in [-0.3, -0.25) is 4.98 Å². The molecule has 4 nitrogen and oxygen atoms in total. The van der Waals surface area contributed by atoms with Crippen molar-refractivity contribution >= 4 is 0 Å². The minimum Gasteiger partial charge on any atom is -0.488 e. The lowest BCUT2D eigenvalue weighted by Crippen LogP contribution is -2.27. The zero-order chi connectivity index (χ0) is 13.1. The van der Waals surface area contributed by atoms with Gasteiger partial charge in [-0.05, 0) is 31.9 Å². The molecule has 0 amide bonds. The molecule has 1 aliphatic carbocycles. The maximum atomic E-state index is 6.11. The van der Waals surface area contributed by atoms with Gasteiger partial charge in [-0.15, -0.1) is 0 Å². The third-order valence-electron chi connectivity index (χ3n) is 3.67. The van der Waals surface area contributed by atoms with Crippen molar-refractivity contribution in [1.29, 1.82) is 0 Å². The zero-order valence-electron chi connectivity index (χ0n) is 11.5. The van der Waals surface area contributed by atoms with Crippen LogP contribution in [0.3, 0.4) is 0 Å².